The summed E-state index contributed by atoms with van der Waals surface area (Å²) < 4.78 is 296. The highest BCUT2D eigenvalue weighted by Crippen LogP contribution is 2.31. The fourth-order valence-electron chi connectivity index (χ4n) is 7.11. The second kappa shape index (κ2) is 17.7. The van der Waals surface area contributed by atoms with Crippen molar-refractivity contribution in [1.29, 1.82) is 0 Å². The lowest BCUT2D eigenvalue weighted by Gasteiger charge is -2.44. The third-order valence-corrected chi connectivity index (χ3v) is 10.2. The highest BCUT2D eigenvalue weighted by molar-refractivity contribution is 7.20. The predicted molar refractivity (Wildman–Crippen MR) is 189 cm³/mol. The van der Waals surface area contributed by atoms with E-state index in [9.17, 15) is 57.5 Å². The monoisotopic (exact) mass is 961 g/mol. The molecule has 6 aromatic carbocycles. The van der Waals surface area contributed by atoms with E-state index < -0.39 is 144 Å². The molecular formula is C41H13BClF20NO. The average Bonchev–Trinajstić information content (AvgIpc) is 3.29. The van der Waals surface area contributed by atoms with Crippen LogP contribution in [0.1, 0.15) is 10.4 Å². The number of carbonyl (C=O) groups excluding carboxylic acids is 1. The van der Waals surface area contributed by atoms with Gasteiger partial charge in [0.2, 0.25) is 17.8 Å². The van der Waals surface area contributed by atoms with E-state index in [1.807, 2.05) is 47.2 Å². The van der Waals surface area contributed by atoms with Gasteiger partial charge in [0.1, 0.15) is 52.7 Å². The van der Waals surface area contributed by atoms with Crippen molar-refractivity contribution in [3.05, 3.63) is 194 Å². The number of benzene rings is 6. The van der Waals surface area contributed by atoms with Gasteiger partial charge in [0, 0.05) is 28.1 Å². The van der Waals surface area contributed by atoms with E-state index in [0.717, 1.165) is 10.9 Å². The third-order valence-electron chi connectivity index (χ3n) is 9.98. The highest BCUT2D eigenvalue weighted by Gasteiger charge is 2.52. The fraction of sp³-hybridized carbons (Fsp3) is 0.0244. The molecule has 1 heterocycles. The molecule has 0 amide bonds. The quantitative estimate of drug-likeness (QED) is 0.0390. The van der Waals surface area contributed by atoms with E-state index in [0.29, 0.717) is 17.1 Å². The lowest BCUT2D eigenvalue weighted by molar-refractivity contribution is -0.657. The second-order valence-electron chi connectivity index (χ2n) is 13.4. The van der Waals surface area contributed by atoms with Crippen molar-refractivity contribution in [3.63, 3.8) is 0 Å². The number of aromatic nitrogens is 1. The summed E-state index contributed by atoms with van der Waals surface area (Å²) in [6, 6.07) is 19.0. The van der Waals surface area contributed by atoms with Crippen molar-refractivity contribution in [2.75, 3.05) is 0 Å². The number of fused-ring (bicyclic) bond motifs is 1. The van der Waals surface area contributed by atoms with E-state index in [4.69, 9.17) is 11.6 Å². The van der Waals surface area contributed by atoms with Crippen molar-refractivity contribution in [3.8, 4) is 0 Å². The molecule has 0 saturated carbocycles. The number of ketones is 1. The van der Waals surface area contributed by atoms with Gasteiger partial charge in [-0.15, -0.1) is 21.9 Å². The van der Waals surface area contributed by atoms with Crippen molar-refractivity contribution >= 4 is 56.3 Å². The predicted octanol–water partition coefficient (Wildman–Crippen LogP) is 9.51. The van der Waals surface area contributed by atoms with Crippen LogP contribution in [-0.4, -0.2) is 11.9 Å². The van der Waals surface area contributed by atoms with E-state index in [-0.39, 0.29) is 5.78 Å². The van der Waals surface area contributed by atoms with E-state index in [1.165, 1.54) is 0 Å². The first kappa shape index (κ1) is 47.8. The molecule has 0 saturated heterocycles. The summed E-state index contributed by atoms with van der Waals surface area (Å²) in [6.45, 7) is 0.322. The van der Waals surface area contributed by atoms with E-state index in [1.54, 1.807) is 24.3 Å². The maximum Gasteiger partial charge on any atom is 0.227 e. The number of pyridine rings is 1. The summed E-state index contributed by atoms with van der Waals surface area (Å²) in [7, 11) is 0. The molecule has 0 spiro atoms. The molecule has 0 aliphatic carbocycles. The number of halogens is 21. The molecule has 24 heteroatoms. The molecule has 0 N–H and O–H groups in total. The standard InChI is InChI=1S/C24BF20.C17H13ClNO/c26-5-1(6(27)14(35)21(42)13(5)34)25(2-7(28)15(36)22(43)16(37)8(2)29,3-9(30)17(38)23(44)18(39)10(3)31)4-11(32)19(40)24(45)20(41)12(4)33;18-15-9-7-14(8-10-15)17(20)12-19-11-3-5-13-4-1-2-6-16(13)19/h;1-11H,12H2/q-1;+1. The molecule has 0 radical (unpaired) electrons. The molecule has 0 atom stereocenters. The first-order valence-electron chi connectivity index (χ1n) is 17.3. The van der Waals surface area contributed by atoms with Gasteiger partial charge < -0.3 is 0 Å². The van der Waals surface area contributed by atoms with Crippen LogP contribution in [0.25, 0.3) is 10.9 Å². The summed E-state index contributed by atoms with van der Waals surface area (Å²) in [5.41, 5.74) is -12.6. The Morgan fingerprint density at radius 3 is 0.985 bits per heavy atom. The second-order valence-corrected chi connectivity index (χ2v) is 13.9. The summed E-state index contributed by atoms with van der Waals surface area (Å²) in [5, 5.41) is 1.76. The van der Waals surface area contributed by atoms with Crippen LogP contribution in [0.15, 0.2) is 66.9 Å². The molecule has 0 fully saturated rings. The fourth-order valence-corrected chi connectivity index (χ4v) is 7.24. The Bertz CT molecular complexity index is 2730. The molecule has 2 nitrogen and oxygen atoms in total. The van der Waals surface area contributed by atoms with Gasteiger partial charge in [-0.2, -0.15) is 4.57 Å². The number of Topliss-reactive ketones (excluding diaryl/α,β-unsaturated/α-hetero) is 1. The molecule has 0 aliphatic rings. The molecule has 338 valence electrons. The number of rotatable bonds is 7. The van der Waals surface area contributed by atoms with Crippen molar-refractivity contribution in [2.45, 2.75) is 6.54 Å². The average molecular weight is 962 g/mol. The smallest absolute Gasteiger partial charge is 0.227 e. The van der Waals surface area contributed by atoms with Crippen molar-refractivity contribution in [1.82, 2.24) is 0 Å². The Morgan fingerprint density at radius 1 is 0.385 bits per heavy atom. The van der Waals surface area contributed by atoms with E-state index >= 15 is 35.1 Å². The van der Waals surface area contributed by atoms with Crippen LogP contribution in [0.3, 0.4) is 0 Å². The Kier molecular flexibility index (Phi) is 13.0. The lowest BCUT2D eigenvalue weighted by atomic mass is 9.12. The van der Waals surface area contributed by atoms with Crippen LogP contribution in [-0.2, 0) is 6.54 Å². The Labute approximate surface area is 353 Å². The van der Waals surface area contributed by atoms with Gasteiger partial charge in [0.05, 0.1) is 0 Å². The van der Waals surface area contributed by atoms with Crippen LogP contribution in [0.5, 0.6) is 0 Å². The molecule has 65 heavy (non-hydrogen) atoms. The zero-order valence-corrected chi connectivity index (χ0v) is 31.7. The minimum absolute atomic E-state index is 0.0722. The Balaban J connectivity index is 0.000000289. The lowest BCUT2D eigenvalue weighted by Crippen LogP contribution is -2.81. The van der Waals surface area contributed by atoms with Gasteiger partial charge in [-0.3, -0.25) is 4.79 Å². The number of carbonyl (C=O) groups is 1. The third kappa shape index (κ3) is 7.57. The first-order chi connectivity index (χ1) is 30.4. The molecule has 0 bridgehead atoms. The molecule has 0 unspecified atom stereocenters. The SMILES string of the molecule is Fc1c(F)c(F)c([B-](c2c(F)c(F)c(F)c(F)c2F)(c2c(F)c(F)c(F)c(F)c2F)c2c(F)c(F)c(F)c(F)c2F)c(F)c1F.O=C(C[n+]1cccc2ccccc21)c1ccc(Cl)cc1. The van der Waals surface area contributed by atoms with Gasteiger partial charge in [0.25, 0.3) is 0 Å². The van der Waals surface area contributed by atoms with Gasteiger partial charge in [-0.05, 0) is 36.4 Å². The summed E-state index contributed by atoms with van der Waals surface area (Å²) in [6.07, 6.45) is -5.29. The normalized spacial score (nSPS) is 11.6. The van der Waals surface area contributed by atoms with Crippen LogP contribution in [0, 0.1) is 116 Å². The molecule has 7 aromatic rings. The molecule has 7 rings (SSSR count). The first-order valence-corrected chi connectivity index (χ1v) is 17.7. The number of hydrogen-bond donors (Lipinski definition) is 0. The van der Waals surface area contributed by atoms with E-state index in [2.05, 4.69) is 0 Å². The van der Waals surface area contributed by atoms with Gasteiger partial charge in [-0.25, -0.2) is 87.8 Å². The van der Waals surface area contributed by atoms with Gasteiger partial charge >= 0.3 is 0 Å². The van der Waals surface area contributed by atoms with Crippen LogP contribution >= 0.6 is 11.6 Å². The number of para-hydroxylation sites is 1. The zero-order valence-electron chi connectivity index (χ0n) is 30.9. The Hall–Kier alpha value is -6.65. The van der Waals surface area contributed by atoms with Crippen LogP contribution in [0.4, 0.5) is 87.8 Å². The largest absolute Gasteiger partial charge is 0.287 e. The summed E-state index contributed by atoms with van der Waals surface area (Å²) >= 11 is 5.84. The summed E-state index contributed by atoms with van der Waals surface area (Å²) in [5.74, 6) is -71.3. The van der Waals surface area contributed by atoms with Crippen molar-refractivity contribution in [2.24, 2.45) is 0 Å². The van der Waals surface area contributed by atoms with Crippen molar-refractivity contribution < 1.29 is 97.2 Å². The zero-order chi connectivity index (χ0) is 48.3. The minimum atomic E-state index is -7.22. The Morgan fingerprint density at radius 2 is 0.662 bits per heavy atom. The molecule has 1 aromatic heterocycles. The topological polar surface area (TPSA) is 20.9 Å². The molecule has 0 aliphatic heterocycles. The minimum Gasteiger partial charge on any atom is -0.287 e. The van der Waals surface area contributed by atoms with Gasteiger partial charge in [0.15, 0.2) is 76.0 Å². The maximum atomic E-state index is 15.4. The maximum absolute atomic E-state index is 15.4. The van der Waals surface area contributed by atoms with Crippen LogP contribution in [0.2, 0.25) is 5.02 Å². The molecular weight excluding hydrogens is 949 g/mol. The highest BCUT2D eigenvalue weighted by atomic mass is 35.5. The number of nitrogens with zero attached hydrogens (tertiary/aromatic N) is 1. The van der Waals surface area contributed by atoms with Crippen LogP contribution < -0.4 is 26.4 Å². The number of hydrogen-bond acceptors (Lipinski definition) is 1. The van der Waals surface area contributed by atoms with Gasteiger partial charge in [-0.1, -0.05) is 23.7 Å². The summed E-state index contributed by atoms with van der Waals surface area (Å²) in [4.78, 5) is 12.3.